The molecule has 3 rings (SSSR count). The minimum Gasteiger partial charge on any atom is -0.390 e. The minimum absolute atomic E-state index is 0.424. The van der Waals surface area contributed by atoms with E-state index in [0.29, 0.717) is 25.2 Å². The van der Waals surface area contributed by atoms with Crippen molar-refractivity contribution in [3.63, 3.8) is 0 Å². The predicted molar refractivity (Wildman–Crippen MR) is 98.1 cm³/mol. The number of nitrogens with two attached hydrogens (primary N) is 1. The molecule has 0 saturated carbocycles. The highest BCUT2D eigenvalue weighted by atomic mass is 16.3. The van der Waals surface area contributed by atoms with Gasteiger partial charge in [0, 0.05) is 38.3 Å². The number of nitrogens with one attached hydrogen (secondary N) is 1. The summed E-state index contributed by atoms with van der Waals surface area (Å²) in [4.78, 5) is 13.5. The van der Waals surface area contributed by atoms with Crippen molar-refractivity contribution in [3.8, 4) is 0 Å². The van der Waals surface area contributed by atoms with Gasteiger partial charge in [-0.2, -0.15) is 0 Å². The Bertz CT molecular complexity index is 732. The topological polar surface area (TPSA) is 78.6 Å². The number of rotatable bonds is 7. The highest BCUT2D eigenvalue weighted by molar-refractivity contribution is 5.92. The maximum Gasteiger partial charge on any atom is 0.248 e. The summed E-state index contributed by atoms with van der Waals surface area (Å²) in [6.07, 6.45) is 0.612. The second kappa shape index (κ2) is 8.25. The van der Waals surface area contributed by atoms with Crippen molar-refractivity contribution in [1.29, 1.82) is 0 Å². The number of hydrogen-bond acceptors (Lipinski definition) is 4. The first-order chi connectivity index (χ1) is 12.1. The van der Waals surface area contributed by atoms with Gasteiger partial charge in [-0.1, -0.05) is 36.4 Å². The van der Waals surface area contributed by atoms with E-state index in [1.165, 1.54) is 11.1 Å². The number of β-amino-alcohol motifs (C(OH)–C–C–N with tert-alkyl or cyclic N) is 1. The molecule has 1 unspecified atom stereocenters. The molecule has 0 fully saturated rings. The van der Waals surface area contributed by atoms with Gasteiger partial charge in [0.1, 0.15) is 0 Å². The van der Waals surface area contributed by atoms with Gasteiger partial charge in [-0.15, -0.1) is 0 Å². The molecule has 2 aromatic rings. The van der Waals surface area contributed by atoms with Crippen molar-refractivity contribution in [2.24, 2.45) is 5.73 Å². The van der Waals surface area contributed by atoms with Crippen LogP contribution in [0.15, 0.2) is 48.5 Å². The Morgan fingerprint density at radius 1 is 1.20 bits per heavy atom. The zero-order chi connectivity index (χ0) is 17.6. The van der Waals surface area contributed by atoms with Crippen LogP contribution in [0.3, 0.4) is 0 Å². The summed E-state index contributed by atoms with van der Waals surface area (Å²) in [6, 6.07) is 15.7. The molecular weight excluding hydrogens is 314 g/mol. The maximum atomic E-state index is 11.2. The van der Waals surface area contributed by atoms with Crippen LogP contribution in [0.1, 0.15) is 27.0 Å². The Morgan fingerprint density at radius 2 is 2.00 bits per heavy atom. The van der Waals surface area contributed by atoms with E-state index in [2.05, 4.69) is 34.5 Å². The van der Waals surface area contributed by atoms with Crippen molar-refractivity contribution >= 4 is 5.91 Å². The van der Waals surface area contributed by atoms with Crippen LogP contribution in [0.25, 0.3) is 0 Å². The molecule has 4 N–H and O–H groups in total. The number of aliphatic hydroxyl groups excluding tert-OH is 1. The lowest BCUT2D eigenvalue weighted by molar-refractivity contribution is 0.0999. The van der Waals surface area contributed by atoms with E-state index in [4.69, 9.17) is 5.73 Å². The Labute approximate surface area is 148 Å². The quantitative estimate of drug-likeness (QED) is 0.710. The fourth-order valence-electron chi connectivity index (χ4n) is 3.29. The van der Waals surface area contributed by atoms with E-state index in [0.717, 1.165) is 25.1 Å². The average Bonchev–Trinajstić information content (AvgIpc) is 2.62. The molecule has 132 valence electrons. The van der Waals surface area contributed by atoms with Gasteiger partial charge in [0.25, 0.3) is 0 Å². The minimum atomic E-state index is -0.426. The van der Waals surface area contributed by atoms with Crippen LogP contribution < -0.4 is 11.1 Å². The molecule has 2 aromatic carbocycles. The lowest BCUT2D eigenvalue weighted by atomic mass is 10.00. The first-order valence-corrected chi connectivity index (χ1v) is 8.68. The summed E-state index contributed by atoms with van der Waals surface area (Å²) in [6.45, 7) is 3.64. The summed E-state index contributed by atoms with van der Waals surface area (Å²) in [5.74, 6) is -0.424. The van der Waals surface area contributed by atoms with Crippen molar-refractivity contribution in [2.45, 2.75) is 25.6 Å². The van der Waals surface area contributed by atoms with Gasteiger partial charge in [-0.25, -0.2) is 0 Å². The summed E-state index contributed by atoms with van der Waals surface area (Å²) >= 11 is 0. The molecule has 5 heteroatoms. The number of carbonyl (C=O) groups excluding carboxylic acids is 1. The number of aliphatic hydroxyl groups is 1. The molecule has 0 radical (unpaired) electrons. The van der Waals surface area contributed by atoms with Gasteiger partial charge < -0.3 is 16.2 Å². The van der Waals surface area contributed by atoms with Crippen LogP contribution in [0.4, 0.5) is 0 Å². The molecule has 0 aromatic heterocycles. The molecule has 0 bridgehead atoms. The number of fused-ring (bicyclic) bond motifs is 1. The van der Waals surface area contributed by atoms with Crippen molar-refractivity contribution < 1.29 is 9.90 Å². The van der Waals surface area contributed by atoms with E-state index in [1.54, 1.807) is 12.1 Å². The van der Waals surface area contributed by atoms with Gasteiger partial charge >= 0.3 is 0 Å². The molecule has 5 nitrogen and oxygen atoms in total. The monoisotopic (exact) mass is 339 g/mol. The van der Waals surface area contributed by atoms with E-state index >= 15 is 0 Å². The maximum absolute atomic E-state index is 11.2. The lowest BCUT2D eigenvalue weighted by Gasteiger charge is -2.30. The number of nitrogens with zero attached hydrogens (tertiary/aromatic N) is 1. The van der Waals surface area contributed by atoms with Crippen LogP contribution in [-0.4, -0.2) is 41.7 Å². The first-order valence-electron chi connectivity index (χ1n) is 8.68. The predicted octanol–water partition coefficient (Wildman–Crippen LogP) is 1.29. The van der Waals surface area contributed by atoms with Crippen LogP contribution in [0.5, 0.6) is 0 Å². The zero-order valence-electron chi connectivity index (χ0n) is 14.3. The molecule has 1 heterocycles. The number of carbonyl (C=O) groups is 1. The van der Waals surface area contributed by atoms with Crippen molar-refractivity contribution in [3.05, 3.63) is 70.8 Å². The Hall–Kier alpha value is -2.21. The fourth-order valence-corrected chi connectivity index (χ4v) is 3.29. The normalized spacial score (nSPS) is 15.6. The van der Waals surface area contributed by atoms with Crippen molar-refractivity contribution in [1.82, 2.24) is 10.2 Å². The van der Waals surface area contributed by atoms with Gasteiger partial charge in [0.15, 0.2) is 0 Å². The van der Waals surface area contributed by atoms with Gasteiger partial charge in [0.05, 0.1) is 6.10 Å². The van der Waals surface area contributed by atoms with Gasteiger partial charge in [-0.05, 0) is 35.2 Å². The molecular formula is C20H25N3O2. The molecule has 1 aliphatic heterocycles. The third-order valence-electron chi connectivity index (χ3n) is 4.60. The Kier molecular flexibility index (Phi) is 5.81. The molecule has 0 spiro atoms. The largest absolute Gasteiger partial charge is 0.390 e. The van der Waals surface area contributed by atoms with Crippen molar-refractivity contribution in [2.75, 3.05) is 19.6 Å². The SMILES string of the molecule is NC(=O)c1cccc(CNCC(O)CN2CCc3ccccc3C2)c1. The lowest BCUT2D eigenvalue weighted by Crippen LogP contribution is -2.40. The fraction of sp³-hybridized carbons (Fsp3) is 0.350. The standard InChI is InChI=1S/C20H25N3O2/c21-20(25)17-7-3-4-15(10-17)11-22-12-19(24)14-23-9-8-16-5-1-2-6-18(16)13-23/h1-7,10,19,22,24H,8-9,11-14H2,(H2,21,25). The van der Waals surface area contributed by atoms with Crippen LogP contribution in [0, 0.1) is 0 Å². The molecule has 1 aliphatic rings. The molecule has 0 saturated heterocycles. The molecule has 1 amide bonds. The summed E-state index contributed by atoms with van der Waals surface area (Å²) < 4.78 is 0. The molecule has 1 atom stereocenters. The van der Waals surface area contributed by atoms with E-state index in [1.807, 2.05) is 12.1 Å². The van der Waals surface area contributed by atoms with Gasteiger partial charge in [0.2, 0.25) is 5.91 Å². The van der Waals surface area contributed by atoms with E-state index in [-0.39, 0.29) is 0 Å². The second-order valence-corrected chi connectivity index (χ2v) is 6.60. The number of hydrogen-bond donors (Lipinski definition) is 3. The number of amides is 1. The van der Waals surface area contributed by atoms with Gasteiger partial charge in [-0.3, -0.25) is 9.69 Å². The second-order valence-electron chi connectivity index (χ2n) is 6.60. The van der Waals surface area contributed by atoms with Crippen LogP contribution in [-0.2, 0) is 19.5 Å². The zero-order valence-corrected chi connectivity index (χ0v) is 14.3. The molecule has 0 aliphatic carbocycles. The first kappa shape index (κ1) is 17.6. The van der Waals surface area contributed by atoms with Crippen LogP contribution >= 0.6 is 0 Å². The Balaban J connectivity index is 1.44. The Morgan fingerprint density at radius 3 is 2.80 bits per heavy atom. The van der Waals surface area contributed by atoms with E-state index in [9.17, 15) is 9.90 Å². The summed E-state index contributed by atoms with van der Waals surface area (Å²) in [5.41, 5.74) is 9.56. The van der Waals surface area contributed by atoms with Crippen LogP contribution in [0.2, 0.25) is 0 Å². The number of primary amides is 1. The smallest absolute Gasteiger partial charge is 0.248 e. The number of benzene rings is 2. The van der Waals surface area contributed by atoms with E-state index < -0.39 is 12.0 Å². The third kappa shape index (κ3) is 4.89. The highest BCUT2D eigenvalue weighted by Gasteiger charge is 2.18. The third-order valence-corrected chi connectivity index (χ3v) is 4.60. The highest BCUT2D eigenvalue weighted by Crippen LogP contribution is 2.18. The summed E-state index contributed by atoms with van der Waals surface area (Å²) in [5, 5.41) is 13.5. The molecule has 25 heavy (non-hydrogen) atoms. The average molecular weight is 339 g/mol. The summed E-state index contributed by atoms with van der Waals surface area (Å²) in [7, 11) is 0.